The van der Waals surface area contributed by atoms with Crippen molar-refractivity contribution in [1.82, 2.24) is 9.97 Å². The van der Waals surface area contributed by atoms with Crippen LogP contribution in [0.3, 0.4) is 0 Å². The Morgan fingerprint density at radius 3 is 2.48 bits per heavy atom. The average Bonchev–Trinajstić information content (AvgIpc) is 2.95. The van der Waals surface area contributed by atoms with Crippen LogP contribution in [0.5, 0.6) is 0 Å². The van der Waals surface area contributed by atoms with E-state index in [9.17, 15) is 0 Å². The maximum atomic E-state index is 6.35. The molecule has 1 unspecified atom stereocenters. The van der Waals surface area contributed by atoms with Crippen LogP contribution in [-0.4, -0.2) is 9.97 Å². The van der Waals surface area contributed by atoms with Crippen molar-refractivity contribution >= 4 is 67.9 Å². The Labute approximate surface area is 178 Å². The molecule has 1 aliphatic rings. The normalized spacial score (nSPS) is 17.2. The van der Waals surface area contributed by atoms with Crippen molar-refractivity contribution in [1.29, 1.82) is 0 Å². The van der Waals surface area contributed by atoms with Crippen molar-refractivity contribution in [3.63, 3.8) is 0 Å². The zero-order valence-corrected chi connectivity index (χ0v) is 18.5. The molecule has 1 aliphatic carbocycles. The van der Waals surface area contributed by atoms with Crippen molar-refractivity contribution in [3.05, 3.63) is 44.0 Å². The lowest BCUT2D eigenvalue weighted by Crippen LogP contribution is -2.26. The van der Waals surface area contributed by atoms with E-state index < -0.39 is 0 Å². The Balaban J connectivity index is 1.77. The Kier molecular flexibility index (Phi) is 5.04. The van der Waals surface area contributed by atoms with Crippen LogP contribution in [0.1, 0.15) is 37.6 Å². The third-order valence-corrected chi connectivity index (χ3v) is 7.30. The molecule has 0 saturated carbocycles. The van der Waals surface area contributed by atoms with Crippen molar-refractivity contribution in [3.8, 4) is 0 Å². The first kappa shape index (κ1) is 19.3. The third-order valence-electron chi connectivity index (χ3n) is 5.32. The van der Waals surface area contributed by atoms with E-state index in [2.05, 4.69) is 36.1 Å². The number of hydrogen-bond acceptors (Lipinski definition) is 4. The molecule has 1 atom stereocenters. The smallest absolute Gasteiger partial charge is 0.142 e. The highest BCUT2D eigenvalue weighted by Gasteiger charge is 2.31. The number of rotatable bonds is 2. The summed E-state index contributed by atoms with van der Waals surface area (Å²) < 4.78 is 0. The van der Waals surface area contributed by atoms with E-state index in [1.807, 2.05) is 0 Å². The molecule has 0 spiro atoms. The van der Waals surface area contributed by atoms with Gasteiger partial charge in [0.2, 0.25) is 0 Å². The van der Waals surface area contributed by atoms with E-state index in [0.29, 0.717) is 32.1 Å². The summed E-state index contributed by atoms with van der Waals surface area (Å²) in [4.78, 5) is 11.4. The Morgan fingerprint density at radius 1 is 1.11 bits per heavy atom. The zero-order valence-electron chi connectivity index (χ0n) is 15.4. The fourth-order valence-corrected chi connectivity index (χ4v) is 5.90. The van der Waals surface area contributed by atoms with Crippen molar-refractivity contribution in [2.45, 2.75) is 40.0 Å². The highest BCUT2D eigenvalue weighted by Crippen LogP contribution is 2.45. The van der Waals surface area contributed by atoms with Gasteiger partial charge in [0.15, 0.2) is 0 Å². The van der Waals surface area contributed by atoms with E-state index in [1.165, 1.54) is 16.9 Å². The number of nitrogens with one attached hydrogen (secondary N) is 1. The standard InChI is InChI=1S/C20H20Cl3N3S/c1-20(2,3)10-4-5-12-15(6-10)27-19-16(12)18(24-9-25-19)26-17-13(22)7-11(21)8-14(17)23/h7-10H,4-6H2,1-3H3,(H,24,25,26). The number of thiophene rings is 1. The van der Waals surface area contributed by atoms with Gasteiger partial charge < -0.3 is 5.32 Å². The van der Waals surface area contributed by atoms with Gasteiger partial charge in [-0.15, -0.1) is 11.3 Å². The quantitative estimate of drug-likeness (QED) is 0.447. The van der Waals surface area contributed by atoms with Crippen LogP contribution in [0, 0.1) is 11.3 Å². The monoisotopic (exact) mass is 439 g/mol. The topological polar surface area (TPSA) is 37.8 Å². The summed E-state index contributed by atoms with van der Waals surface area (Å²) in [5.74, 6) is 1.43. The lowest BCUT2D eigenvalue weighted by Gasteiger charge is -2.33. The molecule has 1 aromatic carbocycles. The molecular formula is C20H20Cl3N3S. The van der Waals surface area contributed by atoms with Gasteiger partial charge in [0.1, 0.15) is 17.0 Å². The van der Waals surface area contributed by atoms with Gasteiger partial charge in [-0.05, 0) is 48.3 Å². The summed E-state index contributed by atoms with van der Waals surface area (Å²) in [6.07, 6.45) is 4.91. The molecule has 0 saturated heterocycles. The zero-order chi connectivity index (χ0) is 19.3. The molecule has 0 aliphatic heterocycles. The molecule has 0 bridgehead atoms. The molecule has 142 valence electrons. The van der Waals surface area contributed by atoms with E-state index in [4.69, 9.17) is 34.8 Å². The summed E-state index contributed by atoms with van der Waals surface area (Å²) in [7, 11) is 0. The number of benzene rings is 1. The molecule has 27 heavy (non-hydrogen) atoms. The highest BCUT2D eigenvalue weighted by molar-refractivity contribution is 7.19. The number of halogens is 3. The van der Waals surface area contributed by atoms with Crippen molar-refractivity contribution < 1.29 is 0 Å². The number of aromatic nitrogens is 2. The summed E-state index contributed by atoms with van der Waals surface area (Å²) in [6, 6.07) is 3.35. The van der Waals surface area contributed by atoms with Gasteiger partial charge in [-0.1, -0.05) is 55.6 Å². The van der Waals surface area contributed by atoms with E-state index in [-0.39, 0.29) is 0 Å². The largest absolute Gasteiger partial charge is 0.337 e. The van der Waals surface area contributed by atoms with Gasteiger partial charge in [-0.3, -0.25) is 0 Å². The van der Waals surface area contributed by atoms with E-state index in [1.54, 1.807) is 29.8 Å². The van der Waals surface area contributed by atoms with Crippen LogP contribution in [0.2, 0.25) is 15.1 Å². The van der Waals surface area contributed by atoms with Crippen LogP contribution in [0.4, 0.5) is 11.5 Å². The van der Waals surface area contributed by atoms with Crippen molar-refractivity contribution in [2.75, 3.05) is 5.32 Å². The molecule has 0 fully saturated rings. The number of nitrogens with zero attached hydrogens (tertiary/aromatic N) is 2. The molecule has 1 N–H and O–H groups in total. The lowest BCUT2D eigenvalue weighted by molar-refractivity contribution is 0.218. The van der Waals surface area contributed by atoms with Gasteiger partial charge in [0, 0.05) is 9.90 Å². The second-order valence-corrected chi connectivity index (χ2v) is 10.4. The molecule has 7 heteroatoms. The maximum absolute atomic E-state index is 6.35. The summed E-state index contributed by atoms with van der Waals surface area (Å²) in [5.41, 5.74) is 2.29. The maximum Gasteiger partial charge on any atom is 0.142 e. The molecule has 0 radical (unpaired) electrons. The van der Waals surface area contributed by atoms with Crippen LogP contribution < -0.4 is 5.32 Å². The lowest BCUT2D eigenvalue weighted by atomic mass is 9.72. The minimum Gasteiger partial charge on any atom is -0.337 e. The Bertz CT molecular complexity index is 1000. The predicted molar refractivity (Wildman–Crippen MR) is 117 cm³/mol. The Morgan fingerprint density at radius 2 is 1.81 bits per heavy atom. The molecule has 0 amide bonds. The SMILES string of the molecule is CC(C)(C)C1CCc2c(sc3ncnc(Nc4c(Cl)cc(Cl)cc4Cl)c23)C1. The number of hydrogen-bond donors (Lipinski definition) is 1. The summed E-state index contributed by atoms with van der Waals surface area (Å²) >= 11 is 20.5. The molecule has 3 aromatic rings. The second kappa shape index (κ2) is 7.07. The number of aryl methyl sites for hydroxylation is 1. The van der Waals surface area contributed by atoms with E-state index >= 15 is 0 Å². The molecule has 4 rings (SSSR count). The van der Waals surface area contributed by atoms with Crippen LogP contribution >= 0.6 is 46.1 Å². The van der Waals surface area contributed by atoms with Crippen LogP contribution in [-0.2, 0) is 12.8 Å². The first-order valence-corrected chi connectivity index (χ1v) is 10.9. The fourth-order valence-electron chi connectivity index (χ4n) is 3.72. The first-order chi connectivity index (χ1) is 12.7. The number of fused-ring (bicyclic) bond motifs is 3. The van der Waals surface area contributed by atoms with Crippen molar-refractivity contribution in [2.24, 2.45) is 11.3 Å². The molecule has 2 heterocycles. The Hall–Kier alpha value is -1.07. The average molecular weight is 441 g/mol. The van der Waals surface area contributed by atoms with Gasteiger partial charge >= 0.3 is 0 Å². The second-order valence-electron chi connectivity index (χ2n) is 8.08. The van der Waals surface area contributed by atoms with E-state index in [0.717, 1.165) is 28.9 Å². The van der Waals surface area contributed by atoms with Gasteiger partial charge in [0.05, 0.1) is 21.1 Å². The third kappa shape index (κ3) is 3.65. The highest BCUT2D eigenvalue weighted by atomic mass is 35.5. The molecular weight excluding hydrogens is 421 g/mol. The fraction of sp³-hybridized carbons (Fsp3) is 0.400. The van der Waals surface area contributed by atoms with Gasteiger partial charge in [-0.25, -0.2) is 9.97 Å². The predicted octanol–water partition coefficient (Wildman–Crippen LogP) is 7.55. The minimum atomic E-state index is 0.310. The van der Waals surface area contributed by atoms with Gasteiger partial charge in [0.25, 0.3) is 0 Å². The van der Waals surface area contributed by atoms with Crippen LogP contribution in [0.15, 0.2) is 18.5 Å². The summed E-state index contributed by atoms with van der Waals surface area (Å²) in [6.45, 7) is 6.98. The van der Waals surface area contributed by atoms with Gasteiger partial charge in [-0.2, -0.15) is 0 Å². The molecule has 3 nitrogen and oxygen atoms in total. The first-order valence-electron chi connectivity index (χ1n) is 8.91. The summed E-state index contributed by atoms with van der Waals surface area (Å²) in [5, 5.41) is 5.85. The number of anilines is 2. The van der Waals surface area contributed by atoms with Crippen LogP contribution in [0.25, 0.3) is 10.2 Å². The minimum absolute atomic E-state index is 0.310. The molecule has 2 aromatic heterocycles.